The van der Waals surface area contributed by atoms with E-state index in [0.29, 0.717) is 6.61 Å². The molecule has 0 N–H and O–H groups in total. The van der Waals surface area contributed by atoms with Crippen LogP contribution < -0.4 is 0 Å². The number of hydrogen-bond donors (Lipinski definition) is 0. The Hall–Kier alpha value is -1.83. The first-order valence-electron chi connectivity index (χ1n) is 4.87. The van der Waals surface area contributed by atoms with Crippen molar-refractivity contribution in [2.24, 2.45) is 0 Å². The molecule has 2 aromatic carbocycles. The lowest BCUT2D eigenvalue weighted by Crippen LogP contribution is -1.96. The summed E-state index contributed by atoms with van der Waals surface area (Å²) in [5, 5.41) is 2.44. The first-order chi connectivity index (χ1) is 7.40. The molecule has 0 aliphatic heterocycles. The van der Waals surface area contributed by atoms with Gasteiger partial charge in [0.1, 0.15) is 0 Å². The van der Waals surface area contributed by atoms with E-state index in [1.54, 1.807) is 0 Å². The van der Waals surface area contributed by atoms with Crippen molar-refractivity contribution in [1.82, 2.24) is 0 Å². The molecule has 0 saturated carbocycles. The third-order valence-electron chi connectivity index (χ3n) is 2.37. The van der Waals surface area contributed by atoms with Crippen LogP contribution in [0.5, 0.6) is 0 Å². The highest BCUT2D eigenvalue weighted by molar-refractivity contribution is 5.82. The molecule has 75 valence electrons. The van der Waals surface area contributed by atoms with Gasteiger partial charge in [0.05, 0.1) is 6.61 Å². The summed E-state index contributed by atoms with van der Waals surface area (Å²) in [6.07, 6.45) is 0.736. The molecular weight excluding hydrogens is 188 g/mol. The number of ether oxygens (including phenoxy) is 1. The lowest BCUT2D eigenvalue weighted by molar-refractivity contribution is 0.282. The monoisotopic (exact) mass is 199 g/mol. The van der Waals surface area contributed by atoms with Gasteiger partial charge in [0.2, 0.25) is 0 Å². The van der Waals surface area contributed by atoms with E-state index < -0.39 is 0 Å². The van der Waals surface area contributed by atoms with E-state index in [-0.39, 0.29) is 0 Å². The van der Waals surface area contributed by atoms with E-state index in [1.165, 1.54) is 22.8 Å². The molecule has 0 aromatic heterocycles. The molecule has 2 aromatic rings. The summed E-state index contributed by atoms with van der Waals surface area (Å²) in [5.41, 5.74) is 1.17. The summed E-state index contributed by atoms with van der Waals surface area (Å²) in [4.78, 5) is 9.86. The molecule has 0 amide bonds. The predicted molar refractivity (Wildman–Crippen MR) is 59.3 cm³/mol. The maximum atomic E-state index is 9.86. The van der Waals surface area contributed by atoms with Crippen molar-refractivity contribution in [2.75, 3.05) is 6.61 Å². The van der Waals surface area contributed by atoms with Gasteiger partial charge in [-0.05, 0) is 16.3 Å². The quantitative estimate of drug-likeness (QED) is 0.707. The average Bonchev–Trinajstić information content (AvgIpc) is 2.29. The Morgan fingerprint density at radius 3 is 2.67 bits per heavy atom. The summed E-state index contributed by atoms with van der Waals surface area (Å²) in [6.45, 7) is 1.82. The largest absolute Gasteiger partial charge is 0.457 e. The van der Waals surface area contributed by atoms with Crippen molar-refractivity contribution in [2.45, 2.75) is 6.42 Å². The Balaban J connectivity index is 2.19. The Kier molecular flexibility index (Phi) is 2.98. The second kappa shape index (κ2) is 4.60. The first kappa shape index (κ1) is 9.71. The van der Waals surface area contributed by atoms with Crippen LogP contribution >= 0.6 is 0 Å². The van der Waals surface area contributed by atoms with Crippen LogP contribution in [-0.4, -0.2) is 13.1 Å². The van der Waals surface area contributed by atoms with Crippen molar-refractivity contribution in [3.63, 3.8) is 0 Å². The van der Waals surface area contributed by atoms with Crippen LogP contribution in [0.1, 0.15) is 5.56 Å². The van der Waals surface area contributed by atoms with Crippen LogP contribution in [0.4, 0.5) is 0 Å². The number of fused-ring (bicyclic) bond motifs is 1. The molecule has 0 fully saturated rings. The van der Waals surface area contributed by atoms with Crippen molar-refractivity contribution in [3.8, 4) is 0 Å². The second-order valence-corrected chi connectivity index (χ2v) is 3.36. The van der Waals surface area contributed by atoms with Crippen LogP contribution in [0.25, 0.3) is 10.8 Å². The Bertz CT molecular complexity index is 463. The Labute approximate surface area is 88.5 Å². The number of carbonyl (C=O) groups excluding carboxylic acids is 1. The van der Waals surface area contributed by atoms with Gasteiger partial charge in [0, 0.05) is 6.42 Å². The summed E-state index contributed by atoms with van der Waals surface area (Å²) >= 11 is 0. The maximum absolute atomic E-state index is 9.86. The minimum absolute atomic E-state index is 0.391. The van der Waals surface area contributed by atoms with Gasteiger partial charge in [-0.2, -0.15) is 0 Å². The zero-order valence-corrected chi connectivity index (χ0v) is 8.27. The van der Waals surface area contributed by atoms with Crippen molar-refractivity contribution in [3.05, 3.63) is 48.0 Å². The minimum Gasteiger partial charge on any atom is -0.457 e. The minimum atomic E-state index is 0.391. The van der Waals surface area contributed by atoms with E-state index in [1.807, 2.05) is 12.1 Å². The van der Waals surface area contributed by atoms with Gasteiger partial charge in [0.15, 0.2) is 0 Å². The van der Waals surface area contributed by atoms with E-state index in [0.717, 1.165) is 6.42 Å². The predicted octanol–water partition coefficient (Wildman–Crippen LogP) is 2.47. The fourth-order valence-electron chi connectivity index (χ4n) is 1.60. The van der Waals surface area contributed by atoms with Crippen molar-refractivity contribution in [1.29, 1.82) is 0 Å². The Morgan fingerprint density at radius 2 is 1.87 bits per heavy atom. The molecule has 0 spiro atoms. The lowest BCUT2D eigenvalue weighted by atomic mass is 10.1. The Morgan fingerprint density at radius 1 is 1.07 bits per heavy atom. The second-order valence-electron chi connectivity index (χ2n) is 3.36. The van der Waals surface area contributed by atoms with Gasteiger partial charge < -0.3 is 4.74 Å². The summed E-state index contributed by atoms with van der Waals surface area (Å²) in [6, 6.07) is 14.4. The highest BCUT2D eigenvalue weighted by Gasteiger charge is 1.96. The molecule has 1 radical (unpaired) electrons. The molecule has 2 rings (SSSR count). The highest BCUT2D eigenvalue weighted by atomic mass is 16.5. The molecule has 0 unspecified atom stereocenters. The van der Waals surface area contributed by atoms with Crippen LogP contribution in [0.2, 0.25) is 0 Å². The fraction of sp³-hybridized carbons (Fsp3) is 0.154. The molecule has 0 aliphatic rings. The van der Waals surface area contributed by atoms with Gasteiger partial charge in [-0.3, -0.25) is 0 Å². The third kappa shape index (κ3) is 2.34. The van der Waals surface area contributed by atoms with Gasteiger partial charge >= 0.3 is 6.47 Å². The van der Waals surface area contributed by atoms with E-state index in [4.69, 9.17) is 0 Å². The van der Waals surface area contributed by atoms with Crippen LogP contribution in [0.3, 0.4) is 0 Å². The van der Waals surface area contributed by atoms with Gasteiger partial charge in [0.25, 0.3) is 0 Å². The summed E-state index contributed by atoms with van der Waals surface area (Å²) < 4.78 is 4.54. The summed E-state index contributed by atoms with van der Waals surface area (Å²) in [7, 11) is 0. The lowest BCUT2D eigenvalue weighted by Gasteiger charge is -2.02. The molecule has 0 bridgehead atoms. The molecule has 15 heavy (non-hydrogen) atoms. The normalized spacial score (nSPS) is 10.1. The van der Waals surface area contributed by atoms with Crippen LogP contribution in [-0.2, 0) is 16.0 Å². The summed E-state index contributed by atoms with van der Waals surface area (Å²) in [5.74, 6) is 0. The fourth-order valence-corrected chi connectivity index (χ4v) is 1.60. The highest BCUT2D eigenvalue weighted by Crippen LogP contribution is 2.15. The smallest absolute Gasteiger partial charge is 0.417 e. The molecule has 2 heteroatoms. The first-order valence-corrected chi connectivity index (χ1v) is 4.87. The SMILES string of the molecule is O=[C]OCCc1ccc2ccccc2c1. The van der Waals surface area contributed by atoms with E-state index in [2.05, 4.69) is 35.1 Å². The molecular formula is C13H11O2. The molecule has 0 aliphatic carbocycles. The number of rotatable bonds is 4. The van der Waals surface area contributed by atoms with E-state index >= 15 is 0 Å². The number of hydrogen-bond acceptors (Lipinski definition) is 2. The molecule has 2 nitrogen and oxygen atoms in total. The topological polar surface area (TPSA) is 26.3 Å². The zero-order chi connectivity index (χ0) is 10.5. The number of benzene rings is 2. The van der Waals surface area contributed by atoms with E-state index in [9.17, 15) is 4.79 Å². The standard InChI is InChI=1S/C13H11O2/c14-10-15-8-7-11-5-6-12-3-1-2-4-13(12)9-11/h1-6,9H,7-8H2. The van der Waals surface area contributed by atoms with Gasteiger partial charge in [-0.25, -0.2) is 4.79 Å². The van der Waals surface area contributed by atoms with Gasteiger partial charge in [-0.15, -0.1) is 0 Å². The molecule has 0 saturated heterocycles. The van der Waals surface area contributed by atoms with Crippen molar-refractivity contribution >= 4 is 17.2 Å². The molecule has 0 atom stereocenters. The maximum Gasteiger partial charge on any atom is 0.417 e. The zero-order valence-electron chi connectivity index (χ0n) is 8.27. The third-order valence-corrected chi connectivity index (χ3v) is 2.37. The van der Waals surface area contributed by atoms with Gasteiger partial charge in [-0.1, -0.05) is 42.5 Å². The van der Waals surface area contributed by atoms with Crippen molar-refractivity contribution < 1.29 is 9.53 Å². The van der Waals surface area contributed by atoms with Crippen LogP contribution in [0.15, 0.2) is 42.5 Å². The molecule has 0 heterocycles. The average molecular weight is 199 g/mol. The van der Waals surface area contributed by atoms with Crippen LogP contribution in [0, 0.1) is 0 Å².